The molecule has 39 heavy (non-hydrogen) atoms. The topological polar surface area (TPSA) is 0 Å². The first kappa shape index (κ1) is 24.9. The summed E-state index contributed by atoms with van der Waals surface area (Å²) >= 11 is 3.78. The monoisotopic (exact) mass is 562 g/mol. The van der Waals surface area contributed by atoms with Crippen LogP contribution in [0.2, 0.25) is 0 Å². The smallest absolute Gasteiger partial charge is 0.0181 e. The molecule has 0 aromatic heterocycles. The molecular formula is C38H27Br. The van der Waals surface area contributed by atoms with Gasteiger partial charge >= 0.3 is 0 Å². The van der Waals surface area contributed by atoms with E-state index >= 15 is 0 Å². The summed E-state index contributed by atoms with van der Waals surface area (Å²) in [4.78, 5) is 0. The number of rotatable bonds is 6. The molecule has 0 unspecified atom stereocenters. The zero-order chi connectivity index (χ0) is 26.6. The average molecular weight is 564 g/mol. The largest absolute Gasteiger partial charge is 0.0991 e. The SMILES string of the molecule is C=C/C=C\C=C\c1ccccc1-c1c2ccccc2c(-c2ccccc2-c2ccccc2)c2ccc(Br)cc12. The molecule has 6 aromatic carbocycles. The quantitative estimate of drug-likeness (QED) is 0.140. The van der Waals surface area contributed by atoms with Crippen molar-refractivity contribution in [1.29, 1.82) is 0 Å². The molecule has 6 aromatic rings. The van der Waals surface area contributed by atoms with Gasteiger partial charge in [0.15, 0.2) is 0 Å². The van der Waals surface area contributed by atoms with Crippen LogP contribution in [0, 0.1) is 0 Å². The van der Waals surface area contributed by atoms with Gasteiger partial charge in [-0.1, -0.05) is 162 Å². The van der Waals surface area contributed by atoms with Crippen LogP contribution in [0.3, 0.4) is 0 Å². The standard InChI is InChI=1S/C38H27Br/c1-2-3-4-6-17-28-18-9-10-20-31(28)37-33-22-13-14-23-34(33)38(35-25-24-29(39)26-36(35)37)32-21-12-11-19-30(32)27-15-7-5-8-16-27/h2-26H,1H2/b4-3-,17-6+. The summed E-state index contributed by atoms with van der Waals surface area (Å²) in [5.41, 5.74) is 8.58. The second-order valence-corrected chi connectivity index (χ2v) is 10.4. The first-order chi connectivity index (χ1) is 19.3. The summed E-state index contributed by atoms with van der Waals surface area (Å²) < 4.78 is 1.07. The van der Waals surface area contributed by atoms with E-state index in [1.807, 2.05) is 12.2 Å². The normalized spacial score (nSPS) is 11.6. The van der Waals surface area contributed by atoms with Crippen molar-refractivity contribution in [2.45, 2.75) is 0 Å². The van der Waals surface area contributed by atoms with E-state index in [1.165, 1.54) is 60.5 Å². The molecule has 0 spiro atoms. The highest BCUT2D eigenvalue weighted by Crippen LogP contribution is 2.47. The predicted octanol–water partition coefficient (Wildman–Crippen LogP) is 11.5. The van der Waals surface area contributed by atoms with Crippen LogP contribution in [-0.4, -0.2) is 0 Å². The Morgan fingerprint density at radius 2 is 1.08 bits per heavy atom. The Morgan fingerprint density at radius 1 is 0.487 bits per heavy atom. The fourth-order valence-corrected chi connectivity index (χ4v) is 5.83. The van der Waals surface area contributed by atoms with Gasteiger partial charge in [-0.2, -0.15) is 0 Å². The van der Waals surface area contributed by atoms with E-state index in [0.29, 0.717) is 0 Å². The van der Waals surface area contributed by atoms with E-state index in [2.05, 4.69) is 156 Å². The molecule has 0 nitrogen and oxygen atoms in total. The highest BCUT2D eigenvalue weighted by molar-refractivity contribution is 9.10. The zero-order valence-corrected chi connectivity index (χ0v) is 23.1. The third kappa shape index (κ3) is 4.78. The van der Waals surface area contributed by atoms with Gasteiger partial charge in [0.25, 0.3) is 0 Å². The summed E-state index contributed by atoms with van der Waals surface area (Å²) in [7, 11) is 0. The van der Waals surface area contributed by atoms with Gasteiger partial charge < -0.3 is 0 Å². The molecule has 6 rings (SSSR count). The van der Waals surface area contributed by atoms with Crippen LogP contribution in [0.15, 0.2) is 157 Å². The van der Waals surface area contributed by atoms with E-state index in [1.54, 1.807) is 6.08 Å². The molecule has 0 heterocycles. The molecule has 0 atom stereocenters. The predicted molar refractivity (Wildman–Crippen MR) is 174 cm³/mol. The van der Waals surface area contributed by atoms with Crippen molar-refractivity contribution in [3.63, 3.8) is 0 Å². The van der Waals surface area contributed by atoms with Crippen LogP contribution in [-0.2, 0) is 0 Å². The van der Waals surface area contributed by atoms with Gasteiger partial charge in [-0.15, -0.1) is 0 Å². The minimum atomic E-state index is 1.07. The minimum Gasteiger partial charge on any atom is -0.0991 e. The fraction of sp³-hybridized carbons (Fsp3) is 0. The van der Waals surface area contributed by atoms with Gasteiger partial charge in [-0.05, 0) is 72.6 Å². The van der Waals surface area contributed by atoms with Gasteiger partial charge in [0.1, 0.15) is 0 Å². The van der Waals surface area contributed by atoms with Crippen LogP contribution in [0.1, 0.15) is 5.56 Å². The van der Waals surface area contributed by atoms with Gasteiger partial charge in [-0.25, -0.2) is 0 Å². The third-order valence-electron chi connectivity index (χ3n) is 7.13. The zero-order valence-electron chi connectivity index (χ0n) is 21.5. The van der Waals surface area contributed by atoms with Crippen molar-refractivity contribution < 1.29 is 0 Å². The Balaban J connectivity index is 1.73. The maximum atomic E-state index is 3.78. The summed E-state index contributed by atoms with van der Waals surface area (Å²) in [6.45, 7) is 3.78. The molecule has 0 N–H and O–H groups in total. The maximum Gasteiger partial charge on any atom is 0.0181 e. The summed E-state index contributed by atoms with van der Waals surface area (Å²) in [5.74, 6) is 0. The van der Waals surface area contributed by atoms with Gasteiger partial charge in [0.05, 0.1) is 0 Å². The van der Waals surface area contributed by atoms with Gasteiger partial charge in [-0.3, -0.25) is 0 Å². The minimum absolute atomic E-state index is 1.07. The van der Waals surface area contributed by atoms with Crippen molar-refractivity contribution in [1.82, 2.24) is 0 Å². The average Bonchev–Trinajstić information content (AvgIpc) is 2.99. The van der Waals surface area contributed by atoms with E-state index in [9.17, 15) is 0 Å². The highest BCUT2D eigenvalue weighted by atomic mass is 79.9. The van der Waals surface area contributed by atoms with E-state index in [4.69, 9.17) is 0 Å². The summed E-state index contributed by atoms with van der Waals surface area (Å²) in [6.07, 6.45) is 10.00. The van der Waals surface area contributed by atoms with Crippen molar-refractivity contribution in [2.24, 2.45) is 0 Å². The van der Waals surface area contributed by atoms with Crippen LogP contribution >= 0.6 is 15.9 Å². The van der Waals surface area contributed by atoms with Crippen LogP contribution < -0.4 is 0 Å². The second kappa shape index (κ2) is 11.1. The third-order valence-corrected chi connectivity index (χ3v) is 7.62. The number of fused-ring (bicyclic) bond motifs is 2. The summed E-state index contributed by atoms with van der Waals surface area (Å²) in [5, 5.41) is 4.95. The van der Waals surface area contributed by atoms with E-state index in [0.717, 1.165) is 4.47 Å². The lowest BCUT2D eigenvalue weighted by molar-refractivity contribution is 1.60. The molecule has 186 valence electrons. The molecule has 0 radical (unpaired) electrons. The molecule has 0 aliphatic rings. The Kier molecular flexibility index (Phi) is 7.08. The molecule has 0 saturated carbocycles. The lowest BCUT2D eigenvalue weighted by atomic mass is 9.83. The Morgan fingerprint density at radius 3 is 1.82 bits per heavy atom. The second-order valence-electron chi connectivity index (χ2n) is 9.46. The first-order valence-electron chi connectivity index (χ1n) is 13.1. The summed E-state index contributed by atoms with van der Waals surface area (Å²) in [6, 6.07) is 43.6. The van der Waals surface area contributed by atoms with Crippen molar-refractivity contribution in [3.8, 4) is 33.4 Å². The van der Waals surface area contributed by atoms with Crippen molar-refractivity contribution >= 4 is 43.6 Å². The number of hydrogen-bond donors (Lipinski definition) is 0. The molecular weight excluding hydrogens is 536 g/mol. The lowest BCUT2D eigenvalue weighted by Crippen LogP contribution is -1.94. The molecule has 0 saturated heterocycles. The van der Waals surface area contributed by atoms with E-state index < -0.39 is 0 Å². The van der Waals surface area contributed by atoms with Crippen LogP contribution in [0.25, 0.3) is 61.0 Å². The van der Waals surface area contributed by atoms with Gasteiger partial charge in [0.2, 0.25) is 0 Å². The van der Waals surface area contributed by atoms with E-state index in [-0.39, 0.29) is 0 Å². The van der Waals surface area contributed by atoms with Crippen LogP contribution in [0.5, 0.6) is 0 Å². The Labute approximate surface area is 238 Å². The number of halogens is 1. The maximum absolute atomic E-state index is 3.78. The number of allylic oxidation sites excluding steroid dienone is 4. The molecule has 0 aliphatic carbocycles. The van der Waals surface area contributed by atoms with Gasteiger partial charge in [0, 0.05) is 4.47 Å². The number of benzene rings is 6. The van der Waals surface area contributed by atoms with Crippen LogP contribution in [0.4, 0.5) is 0 Å². The highest BCUT2D eigenvalue weighted by Gasteiger charge is 2.19. The Bertz CT molecular complexity index is 1870. The Hall–Kier alpha value is -4.46. The number of hydrogen-bond acceptors (Lipinski definition) is 0. The molecule has 0 aliphatic heterocycles. The first-order valence-corrected chi connectivity index (χ1v) is 13.9. The molecule has 0 amide bonds. The molecule has 0 bridgehead atoms. The fourth-order valence-electron chi connectivity index (χ4n) is 5.47. The van der Waals surface area contributed by atoms with Crippen molar-refractivity contribution in [3.05, 3.63) is 162 Å². The molecule has 1 heteroatoms. The lowest BCUT2D eigenvalue weighted by Gasteiger charge is -2.20. The van der Waals surface area contributed by atoms with Crippen molar-refractivity contribution in [2.75, 3.05) is 0 Å². The molecule has 0 fully saturated rings.